The highest BCUT2D eigenvalue weighted by Crippen LogP contribution is 2.26. The maximum Gasteiger partial charge on any atom is 0.240 e. The van der Waals surface area contributed by atoms with Crippen LogP contribution >= 0.6 is 0 Å². The fourth-order valence-corrected chi connectivity index (χ4v) is 3.88. The number of carbonyl (C=O) groups is 1. The first-order chi connectivity index (χ1) is 9.77. The number of nitrogens with one attached hydrogen (secondary N) is 1. The van der Waals surface area contributed by atoms with E-state index in [0.29, 0.717) is 25.2 Å². The molecule has 1 unspecified atom stereocenters. The minimum Gasteiger partial charge on any atom is -0.377 e. The van der Waals surface area contributed by atoms with Crippen molar-refractivity contribution in [2.45, 2.75) is 50.7 Å². The summed E-state index contributed by atoms with van der Waals surface area (Å²) in [5.41, 5.74) is 0. The zero-order chi connectivity index (χ0) is 13.9. The maximum absolute atomic E-state index is 12.9. The third-order valence-electron chi connectivity index (χ3n) is 5.01. The lowest BCUT2D eigenvalue weighted by Gasteiger charge is -2.40. The van der Waals surface area contributed by atoms with E-state index in [1.807, 2.05) is 4.90 Å². The first-order valence-electron chi connectivity index (χ1n) is 8.12. The number of carbonyl (C=O) groups excluding carboxylic acids is 1. The van der Waals surface area contributed by atoms with E-state index >= 15 is 0 Å². The lowest BCUT2D eigenvalue weighted by atomic mass is 10.0. The summed E-state index contributed by atoms with van der Waals surface area (Å²) in [4.78, 5) is 17.4. The van der Waals surface area contributed by atoms with Gasteiger partial charge in [-0.2, -0.15) is 0 Å². The second kappa shape index (κ2) is 6.41. The molecule has 2 atom stereocenters. The van der Waals surface area contributed by atoms with Crippen molar-refractivity contribution in [3.63, 3.8) is 0 Å². The SMILES string of the molecule is C[C@@H]1COCCN1C(=O)C1CCCN1C1CCNCC1. The minimum absolute atomic E-state index is 0.124. The molecule has 20 heavy (non-hydrogen) atoms. The summed E-state index contributed by atoms with van der Waals surface area (Å²) in [6.07, 6.45) is 4.57. The van der Waals surface area contributed by atoms with Crippen molar-refractivity contribution in [1.29, 1.82) is 0 Å². The molecule has 0 aromatic heterocycles. The van der Waals surface area contributed by atoms with E-state index in [0.717, 1.165) is 32.6 Å². The number of hydrogen-bond donors (Lipinski definition) is 1. The van der Waals surface area contributed by atoms with E-state index in [1.54, 1.807) is 0 Å². The highest BCUT2D eigenvalue weighted by molar-refractivity contribution is 5.82. The zero-order valence-electron chi connectivity index (χ0n) is 12.5. The molecule has 0 saturated carbocycles. The standard InChI is InChI=1S/C15H27N3O2/c1-12-11-20-10-9-17(12)15(19)14-3-2-8-18(14)13-4-6-16-7-5-13/h12-14,16H,2-11H2,1H3/t12-,14?/m1/s1. The molecule has 3 heterocycles. The van der Waals surface area contributed by atoms with Crippen molar-refractivity contribution in [3.8, 4) is 0 Å². The topological polar surface area (TPSA) is 44.8 Å². The van der Waals surface area contributed by atoms with Gasteiger partial charge in [-0.05, 0) is 52.2 Å². The normalized spacial score (nSPS) is 33.5. The largest absolute Gasteiger partial charge is 0.377 e. The van der Waals surface area contributed by atoms with E-state index in [-0.39, 0.29) is 12.1 Å². The molecule has 1 amide bonds. The summed E-state index contributed by atoms with van der Waals surface area (Å²) in [5.74, 6) is 0.344. The van der Waals surface area contributed by atoms with Gasteiger partial charge in [-0.1, -0.05) is 0 Å². The fraction of sp³-hybridized carbons (Fsp3) is 0.933. The van der Waals surface area contributed by atoms with Crippen molar-refractivity contribution < 1.29 is 9.53 Å². The third-order valence-corrected chi connectivity index (χ3v) is 5.01. The molecular weight excluding hydrogens is 254 g/mol. The molecule has 3 rings (SSSR count). The summed E-state index contributed by atoms with van der Waals surface area (Å²) in [7, 11) is 0. The number of morpholine rings is 1. The van der Waals surface area contributed by atoms with Crippen molar-refractivity contribution in [2.75, 3.05) is 39.4 Å². The van der Waals surface area contributed by atoms with Gasteiger partial charge in [0.1, 0.15) is 0 Å². The van der Waals surface area contributed by atoms with Crippen molar-refractivity contribution in [1.82, 2.24) is 15.1 Å². The molecule has 0 spiro atoms. The molecule has 3 saturated heterocycles. The Morgan fingerprint density at radius 3 is 2.75 bits per heavy atom. The number of piperidine rings is 1. The van der Waals surface area contributed by atoms with Crippen LogP contribution in [0.3, 0.4) is 0 Å². The van der Waals surface area contributed by atoms with Gasteiger partial charge in [-0.3, -0.25) is 9.69 Å². The van der Waals surface area contributed by atoms with Gasteiger partial charge in [0.05, 0.1) is 25.3 Å². The molecule has 3 fully saturated rings. The Hall–Kier alpha value is -0.650. The molecule has 1 N–H and O–H groups in total. The van der Waals surface area contributed by atoms with E-state index in [9.17, 15) is 4.79 Å². The summed E-state index contributed by atoms with van der Waals surface area (Å²) in [6, 6.07) is 0.953. The van der Waals surface area contributed by atoms with E-state index in [1.165, 1.54) is 19.3 Å². The monoisotopic (exact) mass is 281 g/mol. The number of hydrogen-bond acceptors (Lipinski definition) is 4. The molecule has 114 valence electrons. The highest BCUT2D eigenvalue weighted by atomic mass is 16.5. The van der Waals surface area contributed by atoms with Gasteiger partial charge in [0.2, 0.25) is 5.91 Å². The van der Waals surface area contributed by atoms with Gasteiger partial charge in [-0.15, -0.1) is 0 Å². The Labute approximate surface area is 121 Å². The van der Waals surface area contributed by atoms with Crippen LogP contribution in [0, 0.1) is 0 Å². The Morgan fingerprint density at radius 1 is 1.20 bits per heavy atom. The molecule has 0 aromatic rings. The van der Waals surface area contributed by atoms with Crippen LogP contribution in [0.25, 0.3) is 0 Å². The Bertz CT molecular complexity index is 344. The quantitative estimate of drug-likeness (QED) is 0.798. The first kappa shape index (κ1) is 14.3. The van der Waals surface area contributed by atoms with Crippen LogP contribution < -0.4 is 5.32 Å². The Morgan fingerprint density at radius 2 is 2.00 bits per heavy atom. The molecule has 3 aliphatic rings. The number of likely N-dealkylation sites (tertiary alicyclic amines) is 1. The van der Waals surface area contributed by atoms with Crippen molar-refractivity contribution in [2.24, 2.45) is 0 Å². The molecule has 3 aliphatic heterocycles. The van der Waals surface area contributed by atoms with Crippen molar-refractivity contribution >= 4 is 5.91 Å². The number of nitrogens with zero attached hydrogens (tertiary/aromatic N) is 2. The summed E-state index contributed by atoms with van der Waals surface area (Å²) < 4.78 is 5.45. The number of amides is 1. The predicted octanol–water partition coefficient (Wildman–Crippen LogP) is 0.450. The van der Waals surface area contributed by atoms with E-state index in [2.05, 4.69) is 17.1 Å². The summed E-state index contributed by atoms with van der Waals surface area (Å²) >= 11 is 0. The van der Waals surface area contributed by atoms with Crippen LogP contribution in [0.5, 0.6) is 0 Å². The van der Waals surface area contributed by atoms with Crippen molar-refractivity contribution in [3.05, 3.63) is 0 Å². The smallest absolute Gasteiger partial charge is 0.240 e. The first-order valence-corrected chi connectivity index (χ1v) is 8.12. The van der Waals surface area contributed by atoms with Gasteiger partial charge >= 0.3 is 0 Å². The second-order valence-corrected chi connectivity index (χ2v) is 6.33. The Balaban J connectivity index is 1.66. The molecule has 0 aromatic carbocycles. The second-order valence-electron chi connectivity index (χ2n) is 6.33. The average Bonchev–Trinajstić information content (AvgIpc) is 2.97. The van der Waals surface area contributed by atoms with Crippen LogP contribution in [0.1, 0.15) is 32.6 Å². The van der Waals surface area contributed by atoms with Crippen LogP contribution in [0.4, 0.5) is 0 Å². The summed E-state index contributed by atoms with van der Waals surface area (Å²) in [6.45, 7) is 7.52. The van der Waals surface area contributed by atoms with Crippen LogP contribution in [0.2, 0.25) is 0 Å². The van der Waals surface area contributed by atoms with Crippen LogP contribution in [-0.4, -0.2) is 73.2 Å². The molecule has 5 nitrogen and oxygen atoms in total. The van der Waals surface area contributed by atoms with E-state index in [4.69, 9.17) is 4.74 Å². The summed E-state index contributed by atoms with van der Waals surface area (Å²) in [5, 5.41) is 3.41. The predicted molar refractivity (Wildman–Crippen MR) is 77.6 cm³/mol. The van der Waals surface area contributed by atoms with Crippen LogP contribution in [0.15, 0.2) is 0 Å². The minimum atomic E-state index is 0.124. The van der Waals surface area contributed by atoms with Gasteiger partial charge < -0.3 is 15.0 Å². The maximum atomic E-state index is 12.9. The van der Waals surface area contributed by atoms with Crippen LogP contribution in [-0.2, 0) is 9.53 Å². The molecule has 0 aliphatic carbocycles. The lowest BCUT2D eigenvalue weighted by molar-refractivity contribution is -0.144. The molecule has 0 bridgehead atoms. The van der Waals surface area contributed by atoms with Gasteiger partial charge in [0.15, 0.2) is 0 Å². The highest BCUT2D eigenvalue weighted by Gasteiger charge is 2.39. The average molecular weight is 281 g/mol. The molecule has 0 radical (unpaired) electrons. The van der Waals surface area contributed by atoms with Gasteiger partial charge in [0.25, 0.3) is 0 Å². The molecular formula is C15H27N3O2. The van der Waals surface area contributed by atoms with Gasteiger partial charge in [0, 0.05) is 12.6 Å². The lowest BCUT2D eigenvalue weighted by Crippen LogP contribution is -2.56. The number of rotatable bonds is 2. The molecule has 5 heteroatoms. The zero-order valence-corrected chi connectivity index (χ0v) is 12.5. The Kier molecular flexibility index (Phi) is 4.58. The third kappa shape index (κ3) is 2.85. The number of ether oxygens (including phenoxy) is 1. The fourth-order valence-electron chi connectivity index (χ4n) is 3.88. The van der Waals surface area contributed by atoms with E-state index < -0.39 is 0 Å². The van der Waals surface area contributed by atoms with Gasteiger partial charge in [-0.25, -0.2) is 0 Å².